The Balaban J connectivity index is 2.87. The third-order valence-electron chi connectivity index (χ3n) is 3.28. The molecule has 0 unspecified atom stereocenters. The Labute approximate surface area is 115 Å². The number of hydrogen-bond donors (Lipinski definition) is 1. The van der Waals surface area contributed by atoms with Crippen LogP contribution >= 0.6 is 0 Å². The molecule has 1 aromatic rings. The maximum absolute atomic E-state index is 11.3. The van der Waals surface area contributed by atoms with E-state index in [4.69, 9.17) is 4.74 Å². The minimum absolute atomic E-state index is 0.594. The molecule has 19 heavy (non-hydrogen) atoms. The van der Waals surface area contributed by atoms with Gasteiger partial charge in [-0.05, 0) is 45.0 Å². The first kappa shape index (κ1) is 15.5. The topological polar surface area (TPSA) is 49.8 Å². The van der Waals surface area contributed by atoms with E-state index in [1.54, 1.807) is 13.8 Å². The second-order valence-corrected chi connectivity index (χ2v) is 4.96. The van der Waals surface area contributed by atoms with Crippen LogP contribution in [0.4, 0.5) is 0 Å². The first-order valence-corrected chi connectivity index (χ1v) is 6.62. The summed E-state index contributed by atoms with van der Waals surface area (Å²) in [6.45, 7) is 9.27. The largest absolute Gasteiger partial charge is 0.494 e. The van der Waals surface area contributed by atoms with E-state index < -0.39 is 11.5 Å². The molecule has 0 saturated heterocycles. The van der Waals surface area contributed by atoms with Crippen molar-refractivity contribution in [3.63, 3.8) is 0 Å². The van der Waals surface area contributed by atoms with E-state index in [9.17, 15) is 9.90 Å². The summed E-state index contributed by atoms with van der Waals surface area (Å²) in [6, 6.07) is 7.79. The van der Waals surface area contributed by atoms with Gasteiger partial charge in [0, 0.05) is 6.54 Å². The van der Waals surface area contributed by atoms with Gasteiger partial charge in [-0.15, -0.1) is 0 Å². The fraction of sp³-hybridized carbons (Fsp3) is 0.533. The van der Waals surface area contributed by atoms with Crippen molar-refractivity contribution in [3.05, 3.63) is 29.8 Å². The summed E-state index contributed by atoms with van der Waals surface area (Å²) in [6.07, 6.45) is 0. The van der Waals surface area contributed by atoms with Crippen molar-refractivity contribution >= 4 is 5.97 Å². The molecule has 0 aliphatic carbocycles. The predicted octanol–water partition coefficient (Wildman–Crippen LogP) is 2.77. The van der Waals surface area contributed by atoms with Crippen LogP contribution in [0, 0.1) is 0 Å². The van der Waals surface area contributed by atoms with Crippen molar-refractivity contribution in [2.24, 2.45) is 0 Å². The van der Waals surface area contributed by atoms with Gasteiger partial charge in [0.1, 0.15) is 11.3 Å². The molecule has 0 bridgehead atoms. The maximum atomic E-state index is 11.3. The number of ether oxygens (including phenoxy) is 1. The van der Waals surface area contributed by atoms with Crippen molar-refractivity contribution in [1.29, 1.82) is 0 Å². The molecule has 0 aliphatic heterocycles. The summed E-state index contributed by atoms with van der Waals surface area (Å²) >= 11 is 0. The fourth-order valence-electron chi connectivity index (χ4n) is 1.96. The van der Waals surface area contributed by atoms with Crippen LogP contribution in [0.3, 0.4) is 0 Å². The van der Waals surface area contributed by atoms with Crippen molar-refractivity contribution in [1.82, 2.24) is 4.90 Å². The number of carbonyl (C=O) groups is 1. The van der Waals surface area contributed by atoms with E-state index in [-0.39, 0.29) is 0 Å². The number of carboxylic acids is 1. The quantitative estimate of drug-likeness (QED) is 0.823. The highest BCUT2D eigenvalue weighted by molar-refractivity contribution is 5.77. The lowest BCUT2D eigenvalue weighted by Gasteiger charge is -2.34. The molecule has 0 spiro atoms. The van der Waals surface area contributed by atoms with Gasteiger partial charge < -0.3 is 9.84 Å². The number of carboxylic acid groups (broad SMARTS) is 1. The lowest BCUT2D eigenvalue weighted by Crippen LogP contribution is -2.49. The van der Waals surface area contributed by atoms with Crippen LogP contribution in [0.2, 0.25) is 0 Å². The number of likely N-dealkylation sites (N-methyl/N-ethyl adjacent to an activating group) is 1. The van der Waals surface area contributed by atoms with Gasteiger partial charge in [-0.2, -0.15) is 0 Å². The van der Waals surface area contributed by atoms with Crippen molar-refractivity contribution < 1.29 is 14.6 Å². The van der Waals surface area contributed by atoms with Crippen LogP contribution in [0.5, 0.6) is 5.75 Å². The highest BCUT2D eigenvalue weighted by Gasteiger charge is 2.33. The highest BCUT2D eigenvalue weighted by atomic mass is 16.5. The van der Waals surface area contributed by atoms with E-state index >= 15 is 0 Å². The summed E-state index contributed by atoms with van der Waals surface area (Å²) in [7, 11) is 0. The van der Waals surface area contributed by atoms with Crippen LogP contribution in [-0.4, -0.2) is 34.7 Å². The smallest absolute Gasteiger partial charge is 0.323 e. The van der Waals surface area contributed by atoms with Crippen molar-refractivity contribution in [2.75, 3.05) is 13.2 Å². The summed E-state index contributed by atoms with van der Waals surface area (Å²) in [5, 5.41) is 9.29. The van der Waals surface area contributed by atoms with Gasteiger partial charge in [-0.3, -0.25) is 9.69 Å². The maximum Gasteiger partial charge on any atom is 0.323 e. The molecule has 4 heteroatoms. The molecule has 0 fully saturated rings. The Hall–Kier alpha value is -1.55. The third kappa shape index (κ3) is 3.96. The Morgan fingerprint density at radius 2 is 2.05 bits per heavy atom. The van der Waals surface area contributed by atoms with Gasteiger partial charge in [0.25, 0.3) is 0 Å². The molecule has 106 valence electrons. The number of hydrogen-bond acceptors (Lipinski definition) is 3. The summed E-state index contributed by atoms with van der Waals surface area (Å²) in [5.41, 5.74) is 0.179. The Kier molecular flexibility index (Phi) is 5.36. The molecule has 0 atom stereocenters. The van der Waals surface area contributed by atoms with Gasteiger partial charge in [0.2, 0.25) is 0 Å². The number of rotatable bonds is 7. The van der Waals surface area contributed by atoms with E-state index in [1.165, 1.54) is 0 Å². The molecule has 0 radical (unpaired) electrons. The van der Waals surface area contributed by atoms with Gasteiger partial charge in [0.05, 0.1) is 6.61 Å². The van der Waals surface area contributed by atoms with Gasteiger partial charge in [-0.1, -0.05) is 19.1 Å². The minimum Gasteiger partial charge on any atom is -0.494 e. The molecule has 0 heterocycles. The molecule has 4 nitrogen and oxygen atoms in total. The zero-order chi connectivity index (χ0) is 14.5. The van der Waals surface area contributed by atoms with E-state index in [2.05, 4.69) is 0 Å². The average Bonchev–Trinajstić information content (AvgIpc) is 2.36. The zero-order valence-electron chi connectivity index (χ0n) is 12.1. The second-order valence-electron chi connectivity index (χ2n) is 4.96. The van der Waals surface area contributed by atoms with Crippen LogP contribution in [0.15, 0.2) is 24.3 Å². The molecule has 1 rings (SSSR count). The zero-order valence-corrected chi connectivity index (χ0v) is 12.1. The highest BCUT2D eigenvalue weighted by Crippen LogP contribution is 2.20. The van der Waals surface area contributed by atoms with Gasteiger partial charge in [-0.25, -0.2) is 0 Å². The molecule has 0 saturated carbocycles. The molecular weight excluding hydrogens is 242 g/mol. The SMILES string of the molecule is CCOc1cccc(CN(CC)C(C)(C)C(=O)O)c1. The molecule has 0 aliphatic rings. The summed E-state index contributed by atoms with van der Waals surface area (Å²) < 4.78 is 5.46. The molecule has 0 aromatic heterocycles. The Bertz CT molecular complexity index is 429. The first-order chi connectivity index (χ1) is 8.91. The van der Waals surface area contributed by atoms with Gasteiger partial charge in [0.15, 0.2) is 0 Å². The normalized spacial score (nSPS) is 11.6. The van der Waals surface area contributed by atoms with Crippen LogP contribution < -0.4 is 4.74 Å². The molecule has 1 aromatic carbocycles. The standard InChI is InChI=1S/C15H23NO3/c1-5-16(15(3,4)14(17)18)11-12-8-7-9-13(10-12)19-6-2/h7-10H,5-6,11H2,1-4H3,(H,17,18). The lowest BCUT2D eigenvalue weighted by molar-refractivity contribution is -0.149. The van der Waals surface area contributed by atoms with Crippen molar-refractivity contribution in [3.8, 4) is 5.75 Å². The third-order valence-corrected chi connectivity index (χ3v) is 3.28. The number of nitrogens with zero attached hydrogens (tertiary/aromatic N) is 1. The van der Waals surface area contributed by atoms with E-state index in [0.717, 1.165) is 11.3 Å². The number of aliphatic carboxylic acids is 1. The molecule has 1 N–H and O–H groups in total. The Morgan fingerprint density at radius 3 is 2.58 bits per heavy atom. The fourth-order valence-corrected chi connectivity index (χ4v) is 1.96. The van der Waals surface area contributed by atoms with Crippen LogP contribution in [-0.2, 0) is 11.3 Å². The first-order valence-electron chi connectivity index (χ1n) is 6.62. The van der Waals surface area contributed by atoms with Crippen molar-refractivity contribution in [2.45, 2.75) is 39.8 Å². The predicted molar refractivity (Wildman–Crippen MR) is 75.4 cm³/mol. The molecule has 0 amide bonds. The molecular formula is C15H23NO3. The van der Waals surface area contributed by atoms with E-state index in [0.29, 0.717) is 19.7 Å². The second kappa shape index (κ2) is 6.57. The minimum atomic E-state index is -0.879. The monoisotopic (exact) mass is 265 g/mol. The Morgan fingerprint density at radius 1 is 1.37 bits per heavy atom. The lowest BCUT2D eigenvalue weighted by atomic mass is 10.0. The average molecular weight is 265 g/mol. The van der Waals surface area contributed by atoms with Crippen LogP contribution in [0.25, 0.3) is 0 Å². The summed E-state index contributed by atoms with van der Waals surface area (Å²) in [5.74, 6) is 0.0134. The summed E-state index contributed by atoms with van der Waals surface area (Å²) in [4.78, 5) is 13.2. The van der Waals surface area contributed by atoms with E-state index in [1.807, 2.05) is 43.0 Å². The number of benzene rings is 1. The van der Waals surface area contributed by atoms with Crippen LogP contribution in [0.1, 0.15) is 33.3 Å². The van der Waals surface area contributed by atoms with Gasteiger partial charge >= 0.3 is 5.97 Å².